The molecule has 1 atom stereocenters. The van der Waals surface area contributed by atoms with E-state index in [1.807, 2.05) is 11.9 Å². The normalized spacial score (nSPS) is 19.7. The Balaban J connectivity index is 1.58. The number of nitrogens with one attached hydrogen (secondary N) is 1. The molecule has 1 unspecified atom stereocenters. The number of amides is 1. The largest absolute Gasteiger partial charge is 0.732 e. The number of rotatable bonds is 5. The van der Waals surface area contributed by atoms with Crippen molar-refractivity contribution in [3.8, 4) is 5.75 Å². The Morgan fingerprint density at radius 2 is 1.71 bits per heavy atom. The molecule has 1 fully saturated rings. The van der Waals surface area contributed by atoms with Gasteiger partial charge < -0.3 is 20.1 Å². The average molecular weight is 492 g/mol. The number of piperazine rings is 1. The minimum absolute atomic E-state index is 0.00454. The Bertz CT molecular complexity index is 1100. The van der Waals surface area contributed by atoms with Crippen LogP contribution in [0, 0.1) is 5.21 Å². The first-order valence-corrected chi connectivity index (χ1v) is 10.9. The van der Waals surface area contributed by atoms with E-state index in [2.05, 4.69) is 10.3 Å². The average Bonchev–Trinajstić information content (AvgIpc) is 3.18. The van der Waals surface area contributed by atoms with E-state index < -0.39 is 23.2 Å². The van der Waals surface area contributed by atoms with Crippen LogP contribution in [0.3, 0.4) is 0 Å². The first-order chi connectivity index (χ1) is 16.5. The van der Waals surface area contributed by atoms with Crippen LogP contribution in [-0.4, -0.2) is 64.5 Å². The number of carbonyl (C=O) groups is 1. The lowest BCUT2D eigenvalue weighted by Gasteiger charge is -2.45. The minimum atomic E-state index is -4.49. The van der Waals surface area contributed by atoms with Crippen LogP contribution < -0.4 is 5.43 Å². The van der Waals surface area contributed by atoms with E-state index in [-0.39, 0.29) is 22.4 Å². The van der Waals surface area contributed by atoms with Crippen molar-refractivity contribution in [3.05, 3.63) is 76.6 Å². The monoisotopic (exact) mass is 492 g/mol. The SMILES string of the molecule is CN1CCN(C(C)(C(=O)NN2C=C(c3ccc(C(F)(F)F)cc3)ON2[O-])c2cccc(O)c2)CC1. The summed E-state index contributed by atoms with van der Waals surface area (Å²) in [6.07, 6.45) is -3.31. The highest BCUT2D eigenvalue weighted by Gasteiger charge is 2.43. The molecule has 1 saturated heterocycles. The molecule has 188 valence electrons. The summed E-state index contributed by atoms with van der Waals surface area (Å²) in [6.45, 7) is 4.29. The molecule has 1 amide bonds. The van der Waals surface area contributed by atoms with E-state index in [4.69, 9.17) is 4.84 Å². The van der Waals surface area contributed by atoms with Crippen molar-refractivity contribution < 1.29 is 27.9 Å². The summed E-state index contributed by atoms with van der Waals surface area (Å²) < 4.78 is 38.5. The Kier molecular flexibility index (Phi) is 6.64. The summed E-state index contributed by atoms with van der Waals surface area (Å²) in [7, 11) is 1.98. The number of hydrogen-bond donors (Lipinski definition) is 2. The second-order valence-electron chi connectivity index (χ2n) is 8.60. The maximum Gasteiger partial charge on any atom is 0.416 e. The van der Waals surface area contributed by atoms with Crippen molar-refractivity contribution >= 4 is 11.7 Å². The van der Waals surface area contributed by atoms with Crippen LogP contribution in [-0.2, 0) is 21.3 Å². The fraction of sp³-hybridized carbons (Fsp3) is 0.348. The molecule has 2 aliphatic heterocycles. The van der Waals surface area contributed by atoms with Gasteiger partial charge in [-0.1, -0.05) is 29.6 Å². The first kappa shape index (κ1) is 24.8. The zero-order valence-corrected chi connectivity index (χ0v) is 19.1. The van der Waals surface area contributed by atoms with Crippen molar-refractivity contribution in [3.63, 3.8) is 0 Å². The maximum atomic E-state index is 13.6. The molecular formula is C23H25F3N5O4-. The number of alkyl halides is 3. The van der Waals surface area contributed by atoms with Crippen molar-refractivity contribution in [2.75, 3.05) is 33.2 Å². The van der Waals surface area contributed by atoms with Crippen molar-refractivity contribution in [1.82, 2.24) is 25.7 Å². The molecule has 2 heterocycles. The molecule has 12 heteroatoms. The molecule has 2 aromatic carbocycles. The molecule has 0 radical (unpaired) electrons. The number of phenolic OH excluding ortho intramolecular Hbond substituents is 1. The Morgan fingerprint density at radius 3 is 2.31 bits per heavy atom. The number of hydrazine groups is 2. The van der Waals surface area contributed by atoms with E-state index in [0.29, 0.717) is 18.7 Å². The van der Waals surface area contributed by atoms with Crippen molar-refractivity contribution in [1.29, 1.82) is 0 Å². The third-order valence-electron chi connectivity index (χ3n) is 6.29. The molecule has 2 N–H and O–H groups in total. The van der Waals surface area contributed by atoms with Gasteiger partial charge in [-0.3, -0.25) is 9.69 Å². The van der Waals surface area contributed by atoms with E-state index >= 15 is 0 Å². The summed E-state index contributed by atoms with van der Waals surface area (Å²) in [5.74, 6) is -0.593. The van der Waals surface area contributed by atoms with Gasteiger partial charge in [-0.2, -0.15) is 18.3 Å². The third-order valence-corrected chi connectivity index (χ3v) is 6.29. The molecule has 0 aromatic heterocycles. The molecule has 0 aliphatic carbocycles. The van der Waals surface area contributed by atoms with Gasteiger partial charge in [0.2, 0.25) is 0 Å². The second kappa shape index (κ2) is 9.38. The van der Waals surface area contributed by atoms with Gasteiger partial charge in [-0.15, -0.1) is 0 Å². The number of aromatic hydroxyl groups is 1. The van der Waals surface area contributed by atoms with E-state index in [0.717, 1.165) is 30.3 Å². The summed E-state index contributed by atoms with van der Waals surface area (Å²) in [5, 5.41) is 23.2. The van der Waals surface area contributed by atoms with E-state index in [1.54, 1.807) is 19.1 Å². The number of phenols is 1. The topological polar surface area (TPSA) is 94.6 Å². The predicted molar refractivity (Wildman–Crippen MR) is 120 cm³/mol. The van der Waals surface area contributed by atoms with Gasteiger partial charge in [-0.05, 0) is 43.8 Å². The molecule has 0 bridgehead atoms. The molecule has 2 aliphatic rings. The highest BCUT2D eigenvalue weighted by atomic mass is 19.4. The molecule has 4 rings (SSSR count). The highest BCUT2D eigenvalue weighted by Crippen LogP contribution is 2.34. The number of halogens is 3. The van der Waals surface area contributed by atoms with Gasteiger partial charge in [-0.25, -0.2) is 5.43 Å². The lowest BCUT2D eigenvalue weighted by atomic mass is 9.88. The number of carbonyl (C=O) groups excluding carboxylic acids is 1. The second-order valence-corrected chi connectivity index (χ2v) is 8.60. The Morgan fingerprint density at radius 1 is 1.06 bits per heavy atom. The quantitative estimate of drug-likeness (QED) is 0.658. The van der Waals surface area contributed by atoms with E-state index in [9.17, 15) is 28.3 Å². The maximum absolute atomic E-state index is 13.6. The number of benzene rings is 2. The molecule has 2 aromatic rings. The zero-order chi connectivity index (χ0) is 25.4. The molecule has 0 spiro atoms. The number of nitrogens with zero attached hydrogens (tertiary/aromatic N) is 4. The number of likely N-dealkylation sites (N-methyl/N-ethyl adjacent to an activating group) is 1. The van der Waals surface area contributed by atoms with Crippen LogP contribution in [0.15, 0.2) is 54.7 Å². The van der Waals surface area contributed by atoms with Crippen LogP contribution in [0.4, 0.5) is 13.2 Å². The minimum Gasteiger partial charge on any atom is -0.732 e. The molecule has 35 heavy (non-hydrogen) atoms. The summed E-state index contributed by atoms with van der Waals surface area (Å²) >= 11 is 0. The standard InChI is InChI=1S/C23H25F3N5O4/c1-22(18-4-3-5-19(32)14-18,29-12-10-28(2)11-13-29)21(33)27-30-15-20(35-31(30)34)16-6-8-17(9-7-16)23(24,25)26/h3-9,14-15,32H,10-13H2,1-2H3,(H,27,33)/q-1. The van der Waals surface area contributed by atoms with Crippen LogP contribution in [0.25, 0.3) is 5.76 Å². The van der Waals surface area contributed by atoms with Crippen molar-refractivity contribution in [2.45, 2.75) is 18.6 Å². The van der Waals surface area contributed by atoms with Gasteiger partial charge >= 0.3 is 6.18 Å². The highest BCUT2D eigenvalue weighted by molar-refractivity contribution is 5.87. The molecular weight excluding hydrogens is 467 g/mol. The molecule has 0 saturated carbocycles. The number of hydrogen-bond acceptors (Lipinski definition) is 8. The van der Waals surface area contributed by atoms with Gasteiger partial charge in [0.25, 0.3) is 5.91 Å². The van der Waals surface area contributed by atoms with Crippen LogP contribution >= 0.6 is 0 Å². The summed E-state index contributed by atoms with van der Waals surface area (Å²) in [4.78, 5) is 22.8. The van der Waals surface area contributed by atoms with Gasteiger partial charge in [0.15, 0.2) is 5.76 Å². The van der Waals surface area contributed by atoms with Gasteiger partial charge in [0.1, 0.15) is 11.3 Å². The van der Waals surface area contributed by atoms with Crippen LogP contribution in [0.2, 0.25) is 0 Å². The zero-order valence-electron chi connectivity index (χ0n) is 19.1. The van der Waals surface area contributed by atoms with Gasteiger partial charge in [0.05, 0.1) is 11.8 Å². The fourth-order valence-corrected chi connectivity index (χ4v) is 4.07. The van der Waals surface area contributed by atoms with Crippen LogP contribution in [0.5, 0.6) is 5.75 Å². The lowest BCUT2D eigenvalue weighted by molar-refractivity contribution is -0.187. The fourth-order valence-electron chi connectivity index (χ4n) is 4.07. The van der Waals surface area contributed by atoms with Crippen LogP contribution in [0.1, 0.15) is 23.6 Å². The van der Waals surface area contributed by atoms with Gasteiger partial charge in [0, 0.05) is 31.7 Å². The smallest absolute Gasteiger partial charge is 0.416 e. The summed E-state index contributed by atoms with van der Waals surface area (Å²) in [6, 6.07) is 10.5. The van der Waals surface area contributed by atoms with E-state index in [1.165, 1.54) is 30.5 Å². The first-order valence-electron chi connectivity index (χ1n) is 10.9. The predicted octanol–water partition coefficient (Wildman–Crippen LogP) is 2.87. The lowest BCUT2D eigenvalue weighted by Crippen LogP contribution is -2.62. The Labute approximate surface area is 200 Å². The third kappa shape index (κ3) is 5.05. The Hall–Kier alpha value is -3.32. The summed E-state index contributed by atoms with van der Waals surface area (Å²) in [5.41, 5.74) is 1.20. The molecule has 9 nitrogen and oxygen atoms in total. The van der Waals surface area contributed by atoms with Crippen molar-refractivity contribution in [2.24, 2.45) is 0 Å².